The molecule has 6 nitrogen and oxygen atoms in total. The third kappa shape index (κ3) is 4.14. The van der Waals surface area contributed by atoms with Crippen LogP contribution in [0, 0.1) is 5.92 Å². The summed E-state index contributed by atoms with van der Waals surface area (Å²) in [5, 5.41) is 12.7. The molecular formula is C19H26N4O2S. The van der Waals surface area contributed by atoms with Gasteiger partial charge in [-0.15, -0.1) is 10.2 Å². The van der Waals surface area contributed by atoms with Crippen LogP contribution in [0.25, 0.3) is 0 Å². The quantitative estimate of drug-likeness (QED) is 0.750. The van der Waals surface area contributed by atoms with Gasteiger partial charge in [-0.05, 0) is 43.7 Å². The smallest absolute Gasteiger partial charge is 0.230 e. The SMILES string of the molecule is C[C@H]1CCCC[C@H]1NC(=O)CSc1nnc(C2CC2)n1Cc1ccco1. The summed E-state index contributed by atoms with van der Waals surface area (Å²) >= 11 is 1.47. The zero-order chi connectivity index (χ0) is 17.9. The molecule has 2 saturated carbocycles. The van der Waals surface area contributed by atoms with E-state index in [4.69, 9.17) is 4.42 Å². The second kappa shape index (κ2) is 7.86. The lowest BCUT2D eigenvalue weighted by Gasteiger charge is -2.29. The zero-order valence-corrected chi connectivity index (χ0v) is 16.0. The van der Waals surface area contributed by atoms with Crippen molar-refractivity contribution in [3.63, 3.8) is 0 Å². The molecule has 1 amide bonds. The number of hydrogen-bond acceptors (Lipinski definition) is 5. The Hall–Kier alpha value is -1.76. The van der Waals surface area contributed by atoms with Crippen molar-refractivity contribution < 1.29 is 9.21 Å². The molecule has 2 aliphatic rings. The number of furan rings is 1. The molecule has 2 fully saturated rings. The topological polar surface area (TPSA) is 73.0 Å². The number of carbonyl (C=O) groups is 1. The van der Waals surface area contributed by atoms with Gasteiger partial charge in [-0.3, -0.25) is 9.36 Å². The molecule has 2 aromatic rings. The van der Waals surface area contributed by atoms with Gasteiger partial charge in [0.15, 0.2) is 5.16 Å². The van der Waals surface area contributed by atoms with Gasteiger partial charge in [0.05, 0.1) is 18.6 Å². The minimum Gasteiger partial charge on any atom is -0.467 e. The van der Waals surface area contributed by atoms with E-state index in [2.05, 4.69) is 27.0 Å². The van der Waals surface area contributed by atoms with Crippen molar-refractivity contribution in [2.45, 2.75) is 69.1 Å². The molecule has 2 aromatic heterocycles. The van der Waals surface area contributed by atoms with Crippen LogP contribution < -0.4 is 5.32 Å². The molecule has 1 N–H and O–H groups in total. The lowest BCUT2D eigenvalue weighted by Crippen LogP contribution is -2.41. The Bertz CT molecular complexity index is 739. The van der Waals surface area contributed by atoms with Gasteiger partial charge in [0.1, 0.15) is 11.6 Å². The minimum atomic E-state index is 0.0919. The normalized spacial score (nSPS) is 23.1. The maximum absolute atomic E-state index is 12.4. The molecule has 0 unspecified atom stereocenters. The Morgan fingerprint density at radius 1 is 1.31 bits per heavy atom. The maximum Gasteiger partial charge on any atom is 0.230 e. The van der Waals surface area contributed by atoms with Gasteiger partial charge in [0.25, 0.3) is 0 Å². The zero-order valence-electron chi connectivity index (χ0n) is 15.2. The van der Waals surface area contributed by atoms with Gasteiger partial charge in [0.2, 0.25) is 5.91 Å². The fourth-order valence-corrected chi connectivity index (χ4v) is 4.42. The van der Waals surface area contributed by atoms with E-state index in [-0.39, 0.29) is 5.91 Å². The molecule has 2 atom stereocenters. The second-order valence-corrected chi connectivity index (χ2v) is 8.45. The molecule has 4 rings (SSSR count). The summed E-state index contributed by atoms with van der Waals surface area (Å²) in [6.45, 7) is 2.86. The van der Waals surface area contributed by atoms with Crippen molar-refractivity contribution in [3.05, 3.63) is 30.0 Å². The van der Waals surface area contributed by atoms with E-state index >= 15 is 0 Å². The summed E-state index contributed by atoms with van der Waals surface area (Å²) in [6.07, 6.45) is 8.81. The number of aromatic nitrogens is 3. The third-order valence-corrected chi connectivity index (χ3v) is 6.34. The van der Waals surface area contributed by atoms with Crippen LogP contribution in [0.3, 0.4) is 0 Å². The number of hydrogen-bond donors (Lipinski definition) is 1. The van der Waals surface area contributed by atoms with Crippen molar-refractivity contribution in [2.24, 2.45) is 5.92 Å². The van der Waals surface area contributed by atoms with Crippen LogP contribution in [0.2, 0.25) is 0 Å². The number of rotatable bonds is 7. The van der Waals surface area contributed by atoms with E-state index in [0.717, 1.165) is 23.2 Å². The average molecular weight is 375 g/mol. The summed E-state index contributed by atoms with van der Waals surface area (Å²) in [7, 11) is 0. The standard InChI is InChI=1S/C19H26N4O2S/c1-13-5-2-3-7-16(13)20-17(24)12-26-19-22-21-18(14-8-9-14)23(19)11-15-6-4-10-25-15/h4,6,10,13-14,16H,2-3,5,7-9,11-12H2,1H3,(H,20,24)/t13-,16+/m0/s1. The molecule has 2 heterocycles. The van der Waals surface area contributed by atoms with Crippen molar-refractivity contribution in [1.29, 1.82) is 0 Å². The molecule has 26 heavy (non-hydrogen) atoms. The summed E-state index contributed by atoms with van der Waals surface area (Å²) in [6, 6.07) is 4.17. The molecule has 7 heteroatoms. The lowest BCUT2D eigenvalue weighted by atomic mass is 9.86. The van der Waals surface area contributed by atoms with E-state index in [9.17, 15) is 4.79 Å². The molecule has 0 saturated heterocycles. The molecule has 0 aliphatic heterocycles. The number of nitrogens with zero attached hydrogens (tertiary/aromatic N) is 3. The van der Waals surface area contributed by atoms with Crippen molar-refractivity contribution in [3.8, 4) is 0 Å². The highest BCUT2D eigenvalue weighted by atomic mass is 32.2. The van der Waals surface area contributed by atoms with Gasteiger partial charge < -0.3 is 9.73 Å². The van der Waals surface area contributed by atoms with Crippen LogP contribution in [0.5, 0.6) is 0 Å². The minimum absolute atomic E-state index is 0.0919. The molecular weight excluding hydrogens is 348 g/mol. The largest absolute Gasteiger partial charge is 0.467 e. The monoisotopic (exact) mass is 374 g/mol. The van der Waals surface area contributed by atoms with Gasteiger partial charge in [-0.25, -0.2) is 0 Å². The summed E-state index contributed by atoms with van der Waals surface area (Å²) < 4.78 is 7.60. The highest BCUT2D eigenvalue weighted by molar-refractivity contribution is 7.99. The molecule has 0 spiro atoms. The molecule has 0 bridgehead atoms. The predicted molar refractivity (Wildman–Crippen MR) is 100 cm³/mol. The Balaban J connectivity index is 1.39. The summed E-state index contributed by atoms with van der Waals surface area (Å²) in [5.74, 6) is 3.45. The number of nitrogens with one attached hydrogen (secondary N) is 1. The van der Waals surface area contributed by atoms with E-state index in [1.807, 2.05) is 12.1 Å². The highest BCUT2D eigenvalue weighted by Crippen LogP contribution is 2.40. The fraction of sp³-hybridized carbons (Fsp3) is 0.632. The van der Waals surface area contributed by atoms with Gasteiger partial charge >= 0.3 is 0 Å². The van der Waals surface area contributed by atoms with Crippen molar-refractivity contribution >= 4 is 17.7 Å². The molecule has 2 aliphatic carbocycles. The number of amides is 1. The third-order valence-electron chi connectivity index (χ3n) is 5.37. The van der Waals surface area contributed by atoms with Crippen molar-refractivity contribution in [1.82, 2.24) is 20.1 Å². The molecule has 140 valence electrons. The van der Waals surface area contributed by atoms with E-state index in [1.54, 1.807) is 6.26 Å². The van der Waals surface area contributed by atoms with E-state index in [0.29, 0.717) is 30.2 Å². The van der Waals surface area contributed by atoms with E-state index < -0.39 is 0 Å². The van der Waals surface area contributed by atoms with Crippen LogP contribution in [-0.4, -0.2) is 32.5 Å². The average Bonchev–Trinajstić information content (AvgIpc) is 3.20. The fourth-order valence-electron chi connectivity index (χ4n) is 3.67. The van der Waals surface area contributed by atoms with Crippen molar-refractivity contribution in [2.75, 3.05) is 5.75 Å². The molecule has 0 radical (unpaired) electrons. The van der Waals surface area contributed by atoms with Crippen LogP contribution >= 0.6 is 11.8 Å². The van der Waals surface area contributed by atoms with Crippen LogP contribution in [-0.2, 0) is 11.3 Å². The van der Waals surface area contributed by atoms with Crippen LogP contribution in [0.4, 0.5) is 0 Å². The Morgan fingerprint density at radius 3 is 2.88 bits per heavy atom. The van der Waals surface area contributed by atoms with Gasteiger partial charge in [-0.1, -0.05) is 31.5 Å². The number of carbonyl (C=O) groups excluding carboxylic acids is 1. The summed E-state index contributed by atoms with van der Waals surface area (Å²) in [5.41, 5.74) is 0. The van der Waals surface area contributed by atoms with Gasteiger partial charge in [0, 0.05) is 12.0 Å². The maximum atomic E-state index is 12.4. The van der Waals surface area contributed by atoms with Gasteiger partial charge in [-0.2, -0.15) is 0 Å². The number of thioether (sulfide) groups is 1. The first kappa shape index (κ1) is 17.6. The molecule has 0 aromatic carbocycles. The van der Waals surface area contributed by atoms with E-state index in [1.165, 1.54) is 43.9 Å². The van der Waals surface area contributed by atoms with Crippen LogP contribution in [0.1, 0.15) is 63.0 Å². The lowest BCUT2D eigenvalue weighted by molar-refractivity contribution is -0.119. The predicted octanol–water partition coefficient (Wildman–Crippen LogP) is 3.58. The Morgan fingerprint density at radius 2 is 2.15 bits per heavy atom. The highest BCUT2D eigenvalue weighted by Gasteiger charge is 2.31. The first-order chi connectivity index (χ1) is 12.7. The Labute approximate surface area is 158 Å². The second-order valence-electron chi connectivity index (χ2n) is 7.50. The first-order valence-electron chi connectivity index (χ1n) is 9.58. The first-order valence-corrected chi connectivity index (χ1v) is 10.6. The summed E-state index contributed by atoms with van der Waals surface area (Å²) in [4.78, 5) is 12.4. The Kier molecular flexibility index (Phi) is 5.33. The van der Waals surface area contributed by atoms with Crippen LogP contribution in [0.15, 0.2) is 28.0 Å².